The van der Waals surface area contributed by atoms with Crippen LogP contribution in [0.5, 0.6) is 0 Å². The molecule has 1 N–H and O–H groups in total. The number of carbonyl (C=O) groups excluding carboxylic acids is 1. The van der Waals surface area contributed by atoms with Gasteiger partial charge in [-0.2, -0.15) is 10.2 Å². The molecule has 1 aliphatic carbocycles. The first-order valence-corrected chi connectivity index (χ1v) is 9.76. The van der Waals surface area contributed by atoms with E-state index < -0.39 is 0 Å². The topological polar surface area (TPSA) is 90.5 Å². The Labute approximate surface area is 164 Å². The molecule has 0 bridgehead atoms. The van der Waals surface area contributed by atoms with Crippen molar-refractivity contribution in [3.05, 3.63) is 48.9 Å². The Morgan fingerprint density at radius 2 is 2.04 bits per heavy atom. The number of hydrogen-bond acceptors (Lipinski definition) is 5. The predicted octanol–water partition coefficient (Wildman–Crippen LogP) is 2.31. The molecule has 0 aromatic carbocycles. The molecule has 4 rings (SSSR count). The molecule has 1 saturated carbocycles. The van der Waals surface area contributed by atoms with Crippen LogP contribution in [-0.4, -0.2) is 41.5 Å². The van der Waals surface area contributed by atoms with Crippen LogP contribution in [0.15, 0.2) is 43.2 Å². The molecule has 28 heavy (non-hydrogen) atoms. The number of hydrogen-bond donors (Lipinski definition) is 1. The van der Waals surface area contributed by atoms with E-state index in [1.165, 1.54) is 0 Å². The Morgan fingerprint density at radius 1 is 1.18 bits per heavy atom. The number of amides is 1. The standard InChI is InChI=1S/C20H25N7O/c1-26-17(8-11-23-26)6-7-20(28)25-16-2-4-18(5-3-16)27-13-15(12-24-27)19-9-10-21-14-22-19/h8-14,16,18H,2-7H2,1H3,(H,25,28). The van der Waals surface area contributed by atoms with Crippen molar-refractivity contribution in [1.29, 1.82) is 0 Å². The second-order valence-electron chi connectivity index (χ2n) is 7.32. The van der Waals surface area contributed by atoms with Crippen LogP contribution in [0.25, 0.3) is 11.3 Å². The smallest absolute Gasteiger partial charge is 0.220 e. The molecule has 3 aromatic heterocycles. The van der Waals surface area contributed by atoms with Crippen LogP contribution < -0.4 is 5.32 Å². The maximum atomic E-state index is 12.3. The summed E-state index contributed by atoms with van der Waals surface area (Å²) in [5.74, 6) is 0.120. The van der Waals surface area contributed by atoms with Crippen molar-refractivity contribution < 1.29 is 4.79 Å². The van der Waals surface area contributed by atoms with Crippen LogP contribution in [0, 0.1) is 0 Å². The molecule has 1 amide bonds. The summed E-state index contributed by atoms with van der Waals surface area (Å²) < 4.78 is 3.86. The van der Waals surface area contributed by atoms with Crippen molar-refractivity contribution >= 4 is 5.91 Å². The molecule has 0 unspecified atom stereocenters. The molecule has 0 spiro atoms. The van der Waals surface area contributed by atoms with Crippen molar-refractivity contribution in [1.82, 2.24) is 34.8 Å². The number of nitrogens with zero attached hydrogens (tertiary/aromatic N) is 6. The molecule has 3 aromatic rings. The molecule has 1 fully saturated rings. The fourth-order valence-corrected chi connectivity index (χ4v) is 3.80. The van der Waals surface area contributed by atoms with Gasteiger partial charge in [-0.05, 0) is 44.2 Å². The van der Waals surface area contributed by atoms with E-state index in [4.69, 9.17) is 0 Å². The van der Waals surface area contributed by atoms with E-state index in [9.17, 15) is 4.79 Å². The van der Waals surface area contributed by atoms with Crippen molar-refractivity contribution in [2.24, 2.45) is 7.05 Å². The van der Waals surface area contributed by atoms with Crippen LogP contribution in [0.3, 0.4) is 0 Å². The van der Waals surface area contributed by atoms with Gasteiger partial charge in [0.15, 0.2) is 0 Å². The van der Waals surface area contributed by atoms with E-state index in [2.05, 4.69) is 31.7 Å². The first-order chi connectivity index (χ1) is 13.7. The highest BCUT2D eigenvalue weighted by atomic mass is 16.1. The number of aryl methyl sites for hydroxylation is 2. The van der Waals surface area contributed by atoms with Crippen LogP contribution in [0.4, 0.5) is 0 Å². The molecule has 8 nitrogen and oxygen atoms in total. The summed E-state index contributed by atoms with van der Waals surface area (Å²) in [6, 6.07) is 4.47. The Morgan fingerprint density at radius 3 is 2.75 bits per heavy atom. The lowest BCUT2D eigenvalue weighted by atomic mass is 9.91. The van der Waals surface area contributed by atoms with E-state index in [-0.39, 0.29) is 11.9 Å². The van der Waals surface area contributed by atoms with Gasteiger partial charge in [-0.3, -0.25) is 14.2 Å². The zero-order valence-corrected chi connectivity index (χ0v) is 16.0. The van der Waals surface area contributed by atoms with Gasteiger partial charge in [0, 0.05) is 49.4 Å². The molecule has 146 valence electrons. The van der Waals surface area contributed by atoms with Crippen molar-refractivity contribution in [3.8, 4) is 11.3 Å². The molecule has 3 heterocycles. The van der Waals surface area contributed by atoms with E-state index in [1.807, 2.05) is 34.7 Å². The number of aromatic nitrogens is 6. The highest BCUT2D eigenvalue weighted by Crippen LogP contribution is 2.29. The van der Waals surface area contributed by atoms with Gasteiger partial charge in [0.1, 0.15) is 6.33 Å². The Kier molecular flexibility index (Phi) is 5.45. The predicted molar refractivity (Wildman–Crippen MR) is 104 cm³/mol. The molecule has 0 saturated heterocycles. The lowest BCUT2D eigenvalue weighted by Gasteiger charge is -2.29. The lowest BCUT2D eigenvalue weighted by Crippen LogP contribution is -2.38. The van der Waals surface area contributed by atoms with Crippen molar-refractivity contribution in [3.63, 3.8) is 0 Å². The largest absolute Gasteiger partial charge is 0.353 e. The van der Waals surface area contributed by atoms with Gasteiger partial charge in [0.25, 0.3) is 0 Å². The Hall–Kier alpha value is -3.03. The summed E-state index contributed by atoms with van der Waals surface area (Å²) in [7, 11) is 1.90. The lowest BCUT2D eigenvalue weighted by molar-refractivity contribution is -0.122. The fourth-order valence-electron chi connectivity index (χ4n) is 3.80. The molecular weight excluding hydrogens is 354 g/mol. The van der Waals surface area contributed by atoms with Crippen molar-refractivity contribution in [2.45, 2.75) is 50.6 Å². The summed E-state index contributed by atoms with van der Waals surface area (Å²) >= 11 is 0. The SMILES string of the molecule is Cn1nccc1CCC(=O)NC1CCC(n2cc(-c3ccncn3)cn2)CC1. The monoisotopic (exact) mass is 379 g/mol. The van der Waals surface area contributed by atoms with Crippen molar-refractivity contribution in [2.75, 3.05) is 0 Å². The number of nitrogens with one attached hydrogen (secondary N) is 1. The normalized spacial score (nSPS) is 19.5. The zero-order valence-electron chi connectivity index (χ0n) is 16.0. The van der Waals surface area contributed by atoms with Crippen LogP contribution in [-0.2, 0) is 18.3 Å². The number of rotatable bonds is 6. The molecular formula is C20H25N7O. The molecule has 1 aliphatic rings. The summed E-state index contributed by atoms with van der Waals surface area (Å²) in [5.41, 5.74) is 2.97. The minimum atomic E-state index is 0.120. The maximum Gasteiger partial charge on any atom is 0.220 e. The van der Waals surface area contributed by atoms with Gasteiger partial charge in [0.05, 0.1) is 17.9 Å². The second kappa shape index (κ2) is 8.33. The third-order valence-corrected chi connectivity index (χ3v) is 5.45. The highest BCUT2D eigenvalue weighted by Gasteiger charge is 2.24. The van der Waals surface area contributed by atoms with Gasteiger partial charge in [-0.15, -0.1) is 0 Å². The van der Waals surface area contributed by atoms with Crippen LogP contribution in [0.2, 0.25) is 0 Å². The zero-order chi connectivity index (χ0) is 19.3. The third kappa shape index (κ3) is 4.27. The second-order valence-corrected chi connectivity index (χ2v) is 7.32. The van der Waals surface area contributed by atoms with E-state index in [0.717, 1.165) is 49.1 Å². The van der Waals surface area contributed by atoms with Gasteiger partial charge in [-0.1, -0.05) is 0 Å². The summed E-state index contributed by atoms with van der Waals surface area (Å²) in [4.78, 5) is 20.5. The number of carbonyl (C=O) groups is 1. The maximum absolute atomic E-state index is 12.3. The Balaban J connectivity index is 1.25. The summed E-state index contributed by atoms with van der Waals surface area (Å²) in [6.07, 6.45) is 14.2. The quantitative estimate of drug-likeness (QED) is 0.710. The summed E-state index contributed by atoms with van der Waals surface area (Å²) in [6.45, 7) is 0. The van der Waals surface area contributed by atoms with Gasteiger partial charge in [-0.25, -0.2) is 9.97 Å². The minimum absolute atomic E-state index is 0.120. The first-order valence-electron chi connectivity index (χ1n) is 9.76. The Bertz CT molecular complexity index is 910. The highest BCUT2D eigenvalue weighted by molar-refractivity contribution is 5.76. The summed E-state index contributed by atoms with van der Waals surface area (Å²) in [5, 5.41) is 11.9. The van der Waals surface area contributed by atoms with Crippen LogP contribution >= 0.6 is 0 Å². The average molecular weight is 379 g/mol. The molecule has 0 aliphatic heterocycles. The van der Waals surface area contributed by atoms with E-state index in [0.29, 0.717) is 12.5 Å². The van der Waals surface area contributed by atoms with Crippen LogP contribution in [0.1, 0.15) is 43.8 Å². The fraction of sp³-hybridized carbons (Fsp3) is 0.450. The van der Waals surface area contributed by atoms with Gasteiger partial charge < -0.3 is 5.32 Å². The molecule has 0 atom stereocenters. The van der Waals surface area contributed by atoms with E-state index in [1.54, 1.807) is 18.7 Å². The van der Waals surface area contributed by atoms with Gasteiger partial charge >= 0.3 is 0 Å². The van der Waals surface area contributed by atoms with Gasteiger partial charge in [0.2, 0.25) is 5.91 Å². The van der Waals surface area contributed by atoms with E-state index >= 15 is 0 Å². The third-order valence-electron chi connectivity index (χ3n) is 5.45. The first kappa shape index (κ1) is 18.3. The average Bonchev–Trinajstić information content (AvgIpc) is 3.37. The minimum Gasteiger partial charge on any atom is -0.353 e. The molecule has 0 radical (unpaired) electrons. The molecule has 8 heteroatoms.